The zero-order chi connectivity index (χ0) is 15.3. The molecule has 0 aromatic heterocycles. The molecule has 1 aliphatic heterocycles. The second kappa shape index (κ2) is 7.11. The maximum atomic E-state index is 12.3. The molecule has 2 rings (SSSR count). The first kappa shape index (κ1) is 16.1. The summed E-state index contributed by atoms with van der Waals surface area (Å²) in [6.07, 6.45) is 5.95. The number of carbonyl (C=O) groups is 2. The highest BCUT2D eigenvalue weighted by molar-refractivity contribution is 5.76. The Labute approximate surface area is 125 Å². The van der Waals surface area contributed by atoms with Gasteiger partial charge < -0.3 is 20.1 Å². The SMILES string of the molecule is COCC1(CNC(=O)N2CCCC(C(=O)O)C2)CCCC1. The monoisotopic (exact) mass is 298 g/mol. The van der Waals surface area contributed by atoms with Crippen LogP contribution < -0.4 is 5.32 Å². The van der Waals surface area contributed by atoms with Gasteiger partial charge in [0.05, 0.1) is 12.5 Å². The van der Waals surface area contributed by atoms with Gasteiger partial charge in [0.2, 0.25) is 0 Å². The van der Waals surface area contributed by atoms with Gasteiger partial charge in [-0.15, -0.1) is 0 Å². The van der Waals surface area contributed by atoms with Crippen molar-refractivity contribution in [2.45, 2.75) is 38.5 Å². The van der Waals surface area contributed by atoms with Crippen molar-refractivity contribution in [3.05, 3.63) is 0 Å². The summed E-state index contributed by atoms with van der Waals surface area (Å²) < 4.78 is 5.31. The van der Waals surface area contributed by atoms with Crippen LogP contribution in [0, 0.1) is 11.3 Å². The number of aliphatic carboxylic acids is 1. The number of urea groups is 1. The zero-order valence-electron chi connectivity index (χ0n) is 12.8. The van der Waals surface area contributed by atoms with E-state index in [4.69, 9.17) is 9.84 Å². The van der Waals surface area contributed by atoms with Gasteiger partial charge in [-0.2, -0.15) is 0 Å². The van der Waals surface area contributed by atoms with Crippen LogP contribution in [0.3, 0.4) is 0 Å². The lowest BCUT2D eigenvalue weighted by Gasteiger charge is -2.33. The number of rotatable bonds is 5. The predicted octanol–water partition coefficient (Wildman–Crippen LogP) is 1.70. The fourth-order valence-corrected chi connectivity index (χ4v) is 3.54. The summed E-state index contributed by atoms with van der Waals surface area (Å²) in [5.74, 6) is -1.23. The minimum atomic E-state index is -0.806. The lowest BCUT2D eigenvalue weighted by Crippen LogP contribution is -2.49. The number of likely N-dealkylation sites (tertiary alicyclic amines) is 1. The molecule has 1 saturated carbocycles. The summed E-state index contributed by atoms with van der Waals surface area (Å²) in [5, 5.41) is 12.1. The van der Waals surface area contributed by atoms with E-state index in [-0.39, 0.29) is 11.4 Å². The summed E-state index contributed by atoms with van der Waals surface area (Å²) in [4.78, 5) is 24.9. The van der Waals surface area contributed by atoms with Gasteiger partial charge >= 0.3 is 12.0 Å². The average molecular weight is 298 g/mol. The molecule has 1 heterocycles. The minimum absolute atomic E-state index is 0.0619. The molecule has 0 aromatic rings. The molecule has 6 nitrogen and oxygen atoms in total. The molecule has 2 aliphatic rings. The number of methoxy groups -OCH3 is 1. The van der Waals surface area contributed by atoms with Gasteiger partial charge in [0.1, 0.15) is 0 Å². The number of ether oxygens (including phenoxy) is 1. The highest BCUT2D eigenvalue weighted by atomic mass is 16.5. The summed E-state index contributed by atoms with van der Waals surface area (Å²) >= 11 is 0. The molecule has 1 unspecified atom stereocenters. The van der Waals surface area contributed by atoms with E-state index in [1.807, 2.05) is 0 Å². The van der Waals surface area contributed by atoms with Crippen molar-refractivity contribution in [1.29, 1.82) is 0 Å². The first-order valence-corrected chi connectivity index (χ1v) is 7.81. The zero-order valence-corrected chi connectivity index (χ0v) is 12.8. The van der Waals surface area contributed by atoms with Gasteiger partial charge in [0.25, 0.3) is 0 Å². The molecule has 0 radical (unpaired) electrons. The van der Waals surface area contributed by atoms with Gasteiger partial charge in [0.15, 0.2) is 0 Å². The van der Waals surface area contributed by atoms with E-state index >= 15 is 0 Å². The molecule has 6 heteroatoms. The van der Waals surface area contributed by atoms with Crippen LogP contribution in [0.4, 0.5) is 4.79 Å². The van der Waals surface area contributed by atoms with Crippen LogP contribution in [0.2, 0.25) is 0 Å². The lowest BCUT2D eigenvalue weighted by molar-refractivity contribution is -0.143. The number of nitrogens with one attached hydrogen (secondary N) is 1. The molecule has 1 atom stereocenters. The Morgan fingerprint density at radius 2 is 2.05 bits per heavy atom. The Hall–Kier alpha value is -1.30. The van der Waals surface area contributed by atoms with Crippen molar-refractivity contribution in [2.24, 2.45) is 11.3 Å². The Bertz CT molecular complexity index is 380. The largest absolute Gasteiger partial charge is 0.481 e. The van der Waals surface area contributed by atoms with E-state index in [9.17, 15) is 9.59 Å². The first-order valence-electron chi connectivity index (χ1n) is 7.81. The maximum Gasteiger partial charge on any atom is 0.317 e. The fraction of sp³-hybridized carbons (Fsp3) is 0.867. The molecule has 2 amide bonds. The Morgan fingerprint density at radius 3 is 2.67 bits per heavy atom. The summed E-state index contributed by atoms with van der Waals surface area (Å²) in [6.45, 7) is 2.25. The highest BCUT2D eigenvalue weighted by Gasteiger charge is 2.35. The van der Waals surface area contributed by atoms with Crippen LogP contribution in [0.15, 0.2) is 0 Å². The van der Waals surface area contributed by atoms with E-state index in [0.717, 1.165) is 19.3 Å². The summed E-state index contributed by atoms with van der Waals surface area (Å²) in [5.41, 5.74) is 0.0619. The second-order valence-electron chi connectivity index (χ2n) is 6.42. The summed E-state index contributed by atoms with van der Waals surface area (Å²) in [7, 11) is 1.70. The molecule has 1 aliphatic carbocycles. The third kappa shape index (κ3) is 4.09. The van der Waals surface area contributed by atoms with Crippen molar-refractivity contribution in [1.82, 2.24) is 10.2 Å². The van der Waals surface area contributed by atoms with Gasteiger partial charge in [-0.25, -0.2) is 4.79 Å². The van der Waals surface area contributed by atoms with E-state index in [1.165, 1.54) is 12.8 Å². The van der Waals surface area contributed by atoms with Gasteiger partial charge in [0, 0.05) is 32.2 Å². The normalized spacial score (nSPS) is 24.8. The van der Waals surface area contributed by atoms with Crippen LogP contribution in [0.5, 0.6) is 0 Å². The minimum Gasteiger partial charge on any atom is -0.481 e. The van der Waals surface area contributed by atoms with Crippen LogP contribution >= 0.6 is 0 Å². The lowest BCUT2D eigenvalue weighted by atomic mass is 9.87. The van der Waals surface area contributed by atoms with E-state index in [1.54, 1.807) is 12.0 Å². The molecule has 120 valence electrons. The topological polar surface area (TPSA) is 78.9 Å². The third-order valence-electron chi connectivity index (χ3n) is 4.79. The van der Waals surface area contributed by atoms with Crippen molar-refractivity contribution < 1.29 is 19.4 Å². The Balaban J connectivity index is 1.84. The molecule has 0 aromatic carbocycles. The average Bonchev–Trinajstić information content (AvgIpc) is 2.94. The predicted molar refractivity (Wildman–Crippen MR) is 78.1 cm³/mol. The maximum absolute atomic E-state index is 12.3. The molecule has 0 bridgehead atoms. The molecular formula is C15H26N2O4. The quantitative estimate of drug-likeness (QED) is 0.809. The fourth-order valence-electron chi connectivity index (χ4n) is 3.54. The van der Waals surface area contributed by atoms with E-state index in [2.05, 4.69) is 5.32 Å². The van der Waals surface area contributed by atoms with Crippen molar-refractivity contribution >= 4 is 12.0 Å². The molecule has 2 N–H and O–H groups in total. The highest BCUT2D eigenvalue weighted by Crippen LogP contribution is 2.37. The van der Waals surface area contributed by atoms with Crippen LogP contribution in [0.1, 0.15) is 38.5 Å². The number of hydrogen-bond acceptors (Lipinski definition) is 3. The second-order valence-corrected chi connectivity index (χ2v) is 6.42. The third-order valence-corrected chi connectivity index (χ3v) is 4.79. The van der Waals surface area contributed by atoms with Crippen molar-refractivity contribution in [3.8, 4) is 0 Å². The smallest absolute Gasteiger partial charge is 0.317 e. The number of carboxylic acids is 1. The molecule has 2 fully saturated rings. The first-order chi connectivity index (χ1) is 10.1. The number of carbonyl (C=O) groups excluding carboxylic acids is 1. The van der Waals surface area contributed by atoms with Crippen LogP contribution in [-0.4, -0.2) is 55.4 Å². The van der Waals surface area contributed by atoms with Gasteiger partial charge in [-0.3, -0.25) is 4.79 Å². The number of amides is 2. The van der Waals surface area contributed by atoms with Crippen molar-refractivity contribution in [2.75, 3.05) is 33.4 Å². The number of carboxylic acid groups (broad SMARTS) is 1. The van der Waals surface area contributed by atoms with E-state index in [0.29, 0.717) is 32.7 Å². The van der Waals surface area contributed by atoms with Gasteiger partial charge in [-0.1, -0.05) is 12.8 Å². The van der Waals surface area contributed by atoms with Gasteiger partial charge in [-0.05, 0) is 25.7 Å². The van der Waals surface area contributed by atoms with Crippen LogP contribution in [-0.2, 0) is 9.53 Å². The van der Waals surface area contributed by atoms with Crippen molar-refractivity contribution in [3.63, 3.8) is 0 Å². The number of piperidine rings is 1. The van der Waals surface area contributed by atoms with E-state index < -0.39 is 11.9 Å². The Kier molecular flexibility index (Phi) is 5.45. The molecule has 0 spiro atoms. The molecular weight excluding hydrogens is 272 g/mol. The summed E-state index contributed by atoms with van der Waals surface area (Å²) in [6, 6.07) is -0.136. The molecule has 21 heavy (non-hydrogen) atoms. The standard InChI is InChI=1S/C15H26N2O4/c1-21-11-15(6-2-3-7-15)10-16-14(20)17-8-4-5-12(9-17)13(18)19/h12H,2-11H2,1H3,(H,16,20)(H,18,19). The molecule has 1 saturated heterocycles. The number of nitrogens with zero attached hydrogens (tertiary/aromatic N) is 1. The Morgan fingerprint density at radius 1 is 1.33 bits per heavy atom. The number of hydrogen-bond donors (Lipinski definition) is 2. The van der Waals surface area contributed by atoms with Crippen LogP contribution in [0.25, 0.3) is 0 Å².